The van der Waals surface area contributed by atoms with Gasteiger partial charge in [0, 0.05) is 26.2 Å². The van der Waals surface area contributed by atoms with Crippen molar-refractivity contribution in [3.63, 3.8) is 0 Å². The molecule has 126 valence electrons. The zero-order valence-corrected chi connectivity index (χ0v) is 13.3. The highest BCUT2D eigenvalue weighted by Gasteiger charge is 2.23. The minimum atomic E-state index is -0.469. The number of urea groups is 1. The summed E-state index contributed by atoms with van der Waals surface area (Å²) in [4.78, 5) is 16.2. The summed E-state index contributed by atoms with van der Waals surface area (Å²) in [7, 11) is 0. The summed E-state index contributed by atoms with van der Waals surface area (Å²) >= 11 is 0. The zero-order valence-electron chi connectivity index (χ0n) is 13.3. The summed E-state index contributed by atoms with van der Waals surface area (Å²) in [6.07, 6.45) is 4.49. The Morgan fingerprint density at radius 1 is 1.17 bits per heavy atom. The number of β-amino-alcohol motifs (C(OH)–C–C–N with tert-alkyl or cyclic N) is 1. The fourth-order valence-electron chi connectivity index (χ4n) is 3.35. The highest BCUT2D eigenvalue weighted by molar-refractivity contribution is 5.93. The monoisotopic (exact) mass is 321 g/mol. The number of hydrogen-bond acceptors (Lipinski definition) is 3. The molecule has 2 aliphatic heterocycles. The molecule has 1 aromatic carbocycles. The lowest BCUT2D eigenvalue weighted by Gasteiger charge is -2.33. The van der Waals surface area contributed by atoms with Crippen LogP contribution in [0, 0.1) is 5.82 Å². The second-order valence-corrected chi connectivity index (χ2v) is 6.38. The number of aliphatic hydroxyl groups excluding tert-OH is 1. The van der Waals surface area contributed by atoms with E-state index < -0.39 is 6.10 Å². The maximum absolute atomic E-state index is 13.6. The third kappa shape index (κ3) is 3.93. The second-order valence-electron chi connectivity index (χ2n) is 6.38. The van der Waals surface area contributed by atoms with Gasteiger partial charge in [0.15, 0.2) is 0 Å². The van der Waals surface area contributed by atoms with Crippen LogP contribution in [0.15, 0.2) is 18.2 Å². The molecule has 0 spiro atoms. The Hall–Kier alpha value is -1.82. The molecule has 23 heavy (non-hydrogen) atoms. The molecule has 3 rings (SSSR count). The fraction of sp³-hybridized carbons (Fsp3) is 0.588. The van der Waals surface area contributed by atoms with Crippen LogP contribution in [0.4, 0.5) is 20.6 Å². The van der Waals surface area contributed by atoms with Crippen molar-refractivity contribution in [2.45, 2.75) is 38.2 Å². The van der Waals surface area contributed by atoms with E-state index in [1.54, 1.807) is 11.0 Å². The van der Waals surface area contributed by atoms with Gasteiger partial charge in [0.05, 0.1) is 17.5 Å². The lowest BCUT2D eigenvalue weighted by molar-refractivity contribution is 0.0883. The summed E-state index contributed by atoms with van der Waals surface area (Å²) < 4.78 is 13.6. The van der Waals surface area contributed by atoms with Crippen molar-refractivity contribution in [1.29, 1.82) is 0 Å². The van der Waals surface area contributed by atoms with Gasteiger partial charge in [-0.05, 0) is 50.3 Å². The average Bonchev–Trinajstić information content (AvgIpc) is 2.56. The van der Waals surface area contributed by atoms with E-state index in [0.29, 0.717) is 18.8 Å². The fourth-order valence-corrected chi connectivity index (χ4v) is 3.35. The van der Waals surface area contributed by atoms with Crippen molar-refractivity contribution in [1.82, 2.24) is 4.90 Å². The summed E-state index contributed by atoms with van der Waals surface area (Å²) in [6, 6.07) is 4.28. The Balaban J connectivity index is 1.75. The molecule has 0 bridgehead atoms. The van der Waals surface area contributed by atoms with Crippen LogP contribution in [0.25, 0.3) is 0 Å². The number of benzene rings is 1. The van der Waals surface area contributed by atoms with Crippen LogP contribution in [0.1, 0.15) is 32.1 Å². The minimum Gasteiger partial charge on any atom is -0.391 e. The molecule has 6 heteroatoms. The molecule has 2 aliphatic rings. The Morgan fingerprint density at radius 2 is 1.96 bits per heavy atom. The van der Waals surface area contributed by atoms with Crippen molar-refractivity contribution >= 4 is 17.4 Å². The van der Waals surface area contributed by atoms with E-state index in [2.05, 4.69) is 10.2 Å². The predicted molar refractivity (Wildman–Crippen MR) is 88.3 cm³/mol. The van der Waals surface area contributed by atoms with Crippen LogP contribution in [0.5, 0.6) is 0 Å². The van der Waals surface area contributed by atoms with Crippen molar-refractivity contribution < 1.29 is 14.3 Å². The van der Waals surface area contributed by atoms with Gasteiger partial charge in [-0.1, -0.05) is 0 Å². The summed E-state index contributed by atoms with van der Waals surface area (Å²) in [5.74, 6) is -0.361. The minimum absolute atomic E-state index is 0.271. The number of nitrogens with one attached hydrogen (secondary N) is 1. The Kier molecular flexibility index (Phi) is 5.00. The SMILES string of the molecule is O=C(Nc1cc(F)ccc1N1CCCCC1)N1CCCC(O)C1. The number of halogens is 1. The predicted octanol–water partition coefficient (Wildman–Crippen LogP) is 2.80. The molecular weight excluding hydrogens is 297 g/mol. The molecule has 1 aromatic rings. The van der Waals surface area contributed by atoms with Crippen molar-refractivity contribution in [2.75, 3.05) is 36.4 Å². The van der Waals surface area contributed by atoms with Crippen LogP contribution >= 0.6 is 0 Å². The lowest BCUT2D eigenvalue weighted by atomic mass is 10.1. The highest BCUT2D eigenvalue weighted by Crippen LogP contribution is 2.29. The van der Waals surface area contributed by atoms with Crippen molar-refractivity contribution in [2.24, 2.45) is 0 Å². The molecule has 2 heterocycles. The van der Waals surface area contributed by atoms with Crippen LogP contribution in [-0.2, 0) is 0 Å². The molecule has 2 saturated heterocycles. The van der Waals surface area contributed by atoms with E-state index in [0.717, 1.165) is 44.5 Å². The van der Waals surface area contributed by atoms with Gasteiger partial charge in [-0.25, -0.2) is 9.18 Å². The van der Waals surface area contributed by atoms with Gasteiger partial charge in [-0.15, -0.1) is 0 Å². The van der Waals surface area contributed by atoms with Crippen LogP contribution in [0.3, 0.4) is 0 Å². The van der Waals surface area contributed by atoms with Crippen LogP contribution in [-0.4, -0.2) is 48.3 Å². The smallest absolute Gasteiger partial charge is 0.321 e. The number of rotatable bonds is 2. The largest absolute Gasteiger partial charge is 0.391 e. The number of nitrogens with zero attached hydrogens (tertiary/aromatic N) is 2. The maximum atomic E-state index is 13.6. The number of hydrogen-bond donors (Lipinski definition) is 2. The van der Waals surface area contributed by atoms with E-state index in [-0.39, 0.29) is 11.8 Å². The highest BCUT2D eigenvalue weighted by atomic mass is 19.1. The van der Waals surface area contributed by atoms with Crippen LogP contribution < -0.4 is 10.2 Å². The molecule has 5 nitrogen and oxygen atoms in total. The Bertz CT molecular complexity index is 561. The molecule has 0 aromatic heterocycles. The van der Waals surface area contributed by atoms with Crippen LogP contribution in [0.2, 0.25) is 0 Å². The first kappa shape index (κ1) is 16.1. The van der Waals surface area contributed by atoms with Gasteiger partial charge < -0.3 is 20.2 Å². The second kappa shape index (κ2) is 7.17. The topological polar surface area (TPSA) is 55.8 Å². The van der Waals surface area contributed by atoms with E-state index in [4.69, 9.17) is 0 Å². The van der Waals surface area contributed by atoms with Crippen molar-refractivity contribution in [3.05, 3.63) is 24.0 Å². The van der Waals surface area contributed by atoms with Gasteiger partial charge in [-0.2, -0.15) is 0 Å². The van der Waals surface area contributed by atoms with E-state index in [9.17, 15) is 14.3 Å². The number of carbonyl (C=O) groups excluding carboxylic acids is 1. The Morgan fingerprint density at radius 3 is 2.70 bits per heavy atom. The van der Waals surface area contributed by atoms with Gasteiger partial charge >= 0.3 is 6.03 Å². The molecule has 2 N–H and O–H groups in total. The molecule has 0 saturated carbocycles. The lowest BCUT2D eigenvalue weighted by Crippen LogP contribution is -2.44. The summed E-state index contributed by atoms with van der Waals surface area (Å²) in [5, 5.41) is 12.5. The van der Waals surface area contributed by atoms with E-state index in [1.165, 1.54) is 18.6 Å². The van der Waals surface area contributed by atoms with E-state index >= 15 is 0 Å². The third-order valence-corrected chi connectivity index (χ3v) is 4.58. The average molecular weight is 321 g/mol. The number of likely N-dealkylation sites (tertiary alicyclic amines) is 1. The number of aliphatic hydroxyl groups is 1. The molecule has 2 amide bonds. The zero-order chi connectivity index (χ0) is 16.2. The molecular formula is C17H24FN3O2. The number of carbonyl (C=O) groups is 1. The standard InChI is InChI=1S/C17H24FN3O2/c18-13-6-7-16(20-8-2-1-3-9-20)15(11-13)19-17(23)21-10-4-5-14(22)12-21/h6-7,11,14,22H,1-5,8-10,12H2,(H,19,23). The molecule has 0 radical (unpaired) electrons. The third-order valence-electron chi connectivity index (χ3n) is 4.58. The van der Waals surface area contributed by atoms with Crippen molar-refractivity contribution in [3.8, 4) is 0 Å². The molecule has 2 fully saturated rings. The molecule has 0 aliphatic carbocycles. The van der Waals surface area contributed by atoms with Gasteiger partial charge in [-0.3, -0.25) is 0 Å². The first-order valence-electron chi connectivity index (χ1n) is 8.42. The maximum Gasteiger partial charge on any atom is 0.321 e. The first-order chi connectivity index (χ1) is 11.1. The number of piperidine rings is 2. The van der Waals surface area contributed by atoms with Gasteiger partial charge in [0.25, 0.3) is 0 Å². The van der Waals surface area contributed by atoms with Gasteiger partial charge in [0.2, 0.25) is 0 Å². The molecule has 1 atom stereocenters. The van der Waals surface area contributed by atoms with E-state index in [1.807, 2.05) is 0 Å². The quantitative estimate of drug-likeness (QED) is 0.881. The number of anilines is 2. The molecule has 1 unspecified atom stereocenters. The Labute approximate surface area is 136 Å². The summed E-state index contributed by atoms with van der Waals surface area (Å²) in [5.41, 5.74) is 1.38. The van der Waals surface area contributed by atoms with Gasteiger partial charge in [0.1, 0.15) is 5.82 Å². The summed E-state index contributed by atoms with van der Waals surface area (Å²) in [6.45, 7) is 2.81. The first-order valence-corrected chi connectivity index (χ1v) is 8.42. The number of amides is 2. The normalized spacial score (nSPS) is 22.1.